The molecule has 0 unspecified atom stereocenters. The van der Waals surface area contributed by atoms with Gasteiger partial charge in [0, 0.05) is 6.08 Å². The van der Waals surface area contributed by atoms with E-state index < -0.39 is 23.8 Å². The quantitative estimate of drug-likeness (QED) is 0.608. The Morgan fingerprint density at radius 2 is 1.96 bits per heavy atom. The van der Waals surface area contributed by atoms with E-state index in [0.717, 1.165) is 6.08 Å². The number of anilines is 1. The molecule has 7 heteroatoms. The molecule has 0 radical (unpaired) electrons. The summed E-state index contributed by atoms with van der Waals surface area (Å²) in [5, 5.41) is 2.58. The van der Waals surface area contributed by atoms with Crippen molar-refractivity contribution in [2.75, 3.05) is 12.4 Å². The molecular formula is C19H17ClFNO4. The van der Waals surface area contributed by atoms with E-state index in [-0.39, 0.29) is 5.02 Å². The molecule has 0 fully saturated rings. The first-order valence-corrected chi connectivity index (χ1v) is 8.06. The second-order valence-electron chi connectivity index (χ2n) is 5.28. The number of ether oxygens (including phenoxy) is 2. The second kappa shape index (κ2) is 9.01. The minimum absolute atomic E-state index is 0.0509. The number of para-hydroxylation sites is 2. The summed E-state index contributed by atoms with van der Waals surface area (Å²) < 4.78 is 23.3. The number of amides is 1. The lowest BCUT2D eigenvalue weighted by Gasteiger charge is -2.14. The van der Waals surface area contributed by atoms with Gasteiger partial charge in [0.2, 0.25) is 0 Å². The molecule has 2 rings (SSSR count). The molecule has 1 N–H and O–H groups in total. The smallest absolute Gasteiger partial charge is 0.331 e. The van der Waals surface area contributed by atoms with E-state index in [0.29, 0.717) is 17.0 Å². The van der Waals surface area contributed by atoms with Crippen molar-refractivity contribution >= 4 is 35.2 Å². The number of hydrogen-bond acceptors (Lipinski definition) is 4. The average Bonchev–Trinajstić information content (AvgIpc) is 2.63. The summed E-state index contributed by atoms with van der Waals surface area (Å²) in [5.74, 6) is -1.27. The molecule has 2 aromatic carbocycles. The standard InChI is InChI=1S/C19H17ClFNO4/c1-12(19(24)22-16-5-3-4-6-17(16)25-2)26-18(23)10-8-13-7-9-15(21)14(20)11-13/h3-12H,1-2H3,(H,22,24)/b10-8+/t12-/m1/s1. The van der Waals surface area contributed by atoms with Gasteiger partial charge >= 0.3 is 5.97 Å². The Labute approximate surface area is 155 Å². The highest BCUT2D eigenvalue weighted by molar-refractivity contribution is 6.30. The van der Waals surface area contributed by atoms with Crippen LogP contribution in [0, 0.1) is 5.82 Å². The maximum atomic E-state index is 13.1. The third-order valence-electron chi connectivity index (χ3n) is 3.38. The van der Waals surface area contributed by atoms with Gasteiger partial charge in [-0.05, 0) is 42.8 Å². The van der Waals surface area contributed by atoms with Crippen molar-refractivity contribution < 1.29 is 23.5 Å². The van der Waals surface area contributed by atoms with Crippen molar-refractivity contribution in [2.24, 2.45) is 0 Å². The van der Waals surface area contributed by atoms with Crippen molar-refractivity contribution in [1.29, 1.82) is 0 Å². The Bertz CT molecular complexity index is 838. The molecule has 0 aliphatic heterocycles. The summed E-state index contributed by atoms with van der Waals surface area (Å²) >= 11 is 5.67. The van der Waals surface area contributed by atoms with Crippen LogP contribution in [0.25, 0.3) is 6.08 Å². The van der Waals surface area contributed by atoms with Crippen molar-refractivity contribution in [3.63, 3.8) is 0 Å². The minimum atomic E-state index is -1.02. The summed E-state index contributed by atoms with van der Waals surface area (Å²) in [5.41, 5.74) is 0.999. The van der Waals surface area contributed by atoms with Crippen LogP contribution < -0.4 is 10.1 Å². The molecule has 5 nitrogen and oxygen atoms in total. The van der Waals surface area contributed by atoms with E-state index in [2.05, 4.69) is 5.32 Å². The lowest BCUT2D eigenvalue weighted by atomic mass is 10.2. The maximum Gasteiger partial charge on any atom is 0.331 e. The topological polar surface area (TPSA) is 64.6 Å². The highest BCUT2D eigenvalue weighted by Crippen LogP contribution is 2.23. The number of methoxy groups -OCH3 is 1. The van der Waals surface area contributed by atoms with Gasteiger partial charge in [0.1, 0.15) is 11.6 Å². The van der Waals surface area contributed by atoms with Crippen LogP contribution in [0.1, 0.15) is 12.5 Å². The zero-order valence-corrected chi connectivity index (χ0v) is 14.9. The van der Waals surface area contributed by atoms with Crippen LogP contribution in [0.5, 0.6) is 5.75 Å². The molecule has 2 aromatic rings. The van der Waals surface area contributed by atoms with E-state index in [9.17, 15) is 14.0 Å². The molecule has 0 aliphatic carbocycles. The van der Waals surface area contributed by atoms with Crippen LogP contribution >= 0.6 is 11.6 Å². The highest BCUT2D eigenvalue weighted by Gasteiger charge is 2.18. The lowest BCUT2D eigenvalue weighted by Crippen LogP contribution is -2.29. The third kappa shape index (κ3) is 5.32. The summed E-state index contributed by atoms with van der Waals surface area (Å²) in [6, 6.07) is 10.9. The van der Waals surface area contributed by atoms with Crippen molar-refractivity contribution in [2.45, 2.75) is 13.0 Å². The van der Waals surface area contributed by atoms with Crippen molar-refractivity contribution in [3.8, 4) is 5.75 Å². The monoisotopic (exact) mass is 377 g/mol. The number of esters is 1. The highest BCUT2D eigenvalue weighted by atomic mass is 35.5. The number of rotatable bonds is 6. The Balaban J connectivity index is 1.94. The molecule has 0 saturated carbocycles. The fourth-order valence-corrected chi connectivity index (χ4v) is 2.22. The molecule has 0 spiro atoms. The molecule has 0 saturated heterocycles. The second-order valence-corrected chi connectivity index (χ2v) is 5.68. The van der Waals surface area contributed by atoms with Crippen LogP contribution in [0.15, 0.2) is 48.5 Å². The molecule has 136 valence electrons. The van der Waals surface area contributed by atoms with Gasteiger partial charge < -0.3 is 14.8 Å². The van der Waals surface area contributed by atoms with Gasteiger partial charge in [-0.15, -0.1) is 0 Å². The van der Waals surface area contributed by atoms with Gasteiger partial charge in [0.15, 0.2) is 6.10 Å². The average molecular weight is 378 g/mol. The van der Waals surface area contributed by atoms with Gasteiger partial charge in [-0.3, -0.25) is 4.79 Å². The van der Waals surface area contributed by atoms with Crippen LogP contribution in [0.4, 0.5) is 10.1 Å². The minimum Gasteiger partial charge on any atom is -0.495 e. The summed E-state index contributed by atoms with van der Waals surface area (Å²) in [6.07, 6.45) is 1.53. The van der Waals surface area contributed by atoms with Crippen LogP contribution in [0.2, 0.25) is 5.02 Å². The molecule has 26 heavy (non-hydrogen) atoms. The Morgan fingerprint density at radius 1 is 1.23 bits per heavy atom. The fourth-order valence-electron chi connectivity index (χ4n) is 2.03. The summed E-state index contributed by atoms with van der Waals surface area (Å²) in [7, 11) is 1.49. The lowest BCUT2D eigenvalue weighted by molar-refractivity contribution is -0.148. The number of carbonyl (C=O) groups is 2. The first kappa shape index (κ1) is 19.5. The molecule has 0 aromatic heterocycles. The van der Waals surface area contributed by atoms with Crippen LogP contribution in [-0.2, 0) is 14.3 Å². The predicted molar refractivity (Wildman–Crippen MR) is 97.6 cm³/mol. The molecule has 0 heterocycles. The van der Waals surface area contributed by atoms with Gasteiger partial charge in [-0.1, -0.05) is 29.8 Å². The number of nitrogens with one attached hydrogen (secondary N) is 1. The van der Waals surface area contributed by atoms with E-state index in [1.54, 1.807) is 24.3 Å². The summed E-state index contributed by atoms with van der Waals surface area (Å²) in [6.45, 7) is 1.45. The SMILES string of the molecule is COc1ccccc1NC(=O)[C@@H](C)OC(=O)/C=C/c1ccc(F)c(Cl)c1. The molecule has 0 aliphatic rings. The zero-order chi connectivity index (χ0) is 19.1. The Morgan fingerprint density at radius 3 is 2.65 bits per heavy atom. The summed E-state index contributed by atoms with van der Waals surface area (Å²) in [4.78, 5) is 24.0. The van der Waals surface area contributed by atoms with Gasteiger partial charge in [0.25, 0.3) is 5.91 Å². The van der Waals surface area contributed by atoms with Crippen LogP contribution in [0.3, 0.4) is 0 Å². The molecular weight excluding hydrogens is 361 g/mol. The zero-order valence-electron chi connectivity index (χ0n) is 14.2. The number of carbonyl (C=O) groups excluding carboxylic acids is 2. The van der Waals surface area contributed by atoms with Crippen molar-refractivity contribution in [1.82, 2.24) is 0 Å². The molecule has 1 amide bonds. The predicted octanol–water partition coefficient (Wildman–Crippen LogP) is 4.07. The largest absolute Gasteiger partial charge is 0.495 e. The first-order chi connectivity index (χ1) is 12.4. The number of hydrogen-bond donors (Lipinski definition) is 1. The van der Waals surface area contributed by atoms with E-state index in [4.69, 9.17) is 21.1 Å². The number of halogens is 2. The molecule has 1 atom stereocenters. The van der Waals surface area contributed by atoms with Gasteiger partial charge in [0.05, 0.1) is 17.8 Å². The first-order valence-electron chi connectivity index (χ1n) is 7.68. The molecule has 0 bridgehead atoms. The third-order valence-corrected chi connectivity index (χ3v) is 3.67. The maximum absolute atomic E-state index is 13.1. The normalized spacial score (nSPS) is 11.8. The van der Waals surface area contributed by atoms with Gasteiger partial charge in [-0.2, -0.15) is 0 Å². The van der Waals surface area contributed by atoms with E-state index >= 15 is 0 Å². The van der Waals surface area contributed by atoms with E-state index in [1.165, 1.54) is 38.3 Å². The van der Waals surface area contributed by atoms with Crippen LogP contribution in [-0.4, -0.2) is 25.1 Å². The van der Waals surface area contributed by atoms with Crippen molar-refractivity contribution in [3.05, 3.63) is 64.9 Å². The fraction of sp³-hybridized carbons (Fsp3) is 0.158. The Hall–Kier alpha value is -2.86. The number of benzene rings is 2. The Kier molecular flexibility index (Phi) is 6.74. The van der Waals surface area contributed by atoms with Gasteiger partial charge in [-0.25, -0.2) is 9.18 Å². The van der Waals surface area contributed by atoms with E-state index in [1.807, 2.05) is 0 Å².